The molecule has 45 heavy (non-hydrogen) atoms. The molecule has 11 heteroatoms. The lowest BCUT2D eigenvalue weighted by Crippen LogP contribution is -2.39. The first-order valence-electron chi connectivity index (χ1n) is 14.5. The van der Waals surface area contributed by atoms with Crippen LogP contribution >= 0.6 is 0 Å². The maximum absolute atomic E-state index is 13.5. The molecule has 3 aromatic carbocycles. The first kappa shape index (κ1) is 31.1. The molecule has 0 fully saturated rings. The third-order valence-electron chi connectivity index (χ3n) is 7.31. The Kier molecular flexibility index (Phi) is 9.99. The Morgan fingerprint density at radius 3 is 2.51 bits per heavy atom. The topological polar surface area (TPSA) is 152 Å². The predicted octanol–water partition coefficient (Wildman–Crippen LogP) is 3.74. The van der Waals surface area contributed by atoms with Crippen LogP contribution in [0.15, 0.2) is 77.7 Å². The number of hydrogen-bond donors (Lipinski definition) is 3. The van der Waals surface area contributed by atoms with Gasteiger partial charge in [0.2, 0.25) is 0 Å². The summed E-state index contributed by atoms with van der Waals surface area (Å²) in [6.07, 6.45) is 2.27. The molecule has 0 saturated carbocycles. The van der Waals surface area contributed by atoms with Gasteiger partial charge in [-0.05, 0) is 60.0 Å². The maximum atomic E-state index is 13.5. The highest BCUT2D eigenvalue weighted by Gasteiger charge is 2.19. The summed E-state index contributed by atoms with van der Waals surface area (Å²) < 4.78 is 25.2. The van der Waals surface area contributed by atoms with E-state index in [0.717, 1.165) is 11.1 Å². The standard InChI is InChI=1S/C34H33N3O8/c1-2-24-14-26(18-36-28(19-38)34(40)41)31(44-20-23-6-3-5-22(13-23)17-35)16-30(24)45-21-25-7-4-10-37(33(25)39)27-8-9-29-32(15-27)43-12-11-42-29/h3-10,13-16,28,36,38H,2,11-12,18-21H2,1H3,(H,40,41). The van der Waals surface area contributed by atoms with Crippen LogP contribution in [0.1, 0.15) is 34.7 Å². The Hall–Kier alpha value is -5.31. The molecule has 1 unspecified atom stereocenters. The van der Waals surface area contributed by atoms with Gasteiger partial charge in [0.25, 0.3) is 5.56 Å². The van der Waals surface area contributed by atoms with Crippen molar-refractivity contribution in [3.63, 3.8) is 0 Å². The first-order valence-corrected chi connectivity index (χ1v) is 14.5. The van der Waals surface area contributed by atoms with Crippen LogP contribution in [-0.2, 0) is 31.0 Å². The van der Waals surface area contributed by atoms with Crippen LogP contribution in [0.5, 0.6) is 23.0 Å². The molecule has 0 bridgehead atoms. The minimum Gasteiger partial charge on any atom is -0.488 e. The van der Waals surface area contributed by atoms with Crippen LogP contribution in [0, 0.1) is 11.3 Å². The van der Waals surface area contributed by atoms with Crippen molar-refractivity contribution in [2.45, 2.75) is 39.1 Å². The van der Waals surface area contributed by atoms with E-state index >= 15 is 0 Å². The van der Waals surface area contributed by atoms with Crippen LogP contribution in [-0.4, -0.2) is 46.6 Å². The summed E-state index contributed by atoms with van der Waals surface area (Å²) in [6, 6.07) is 20.4. The van der Waals surface area contributed by atoms with Gasteiger partial charge in [-0.15, -0.1) is 0 Å². The van der Waals surface area contributed by atoms with E-state index in [1.54, 1.807) is 60.8 Å². The number of aliphatic carboxylic acids is 1. The highest BCUT2D eigenvalue weighted by molar-refractivity contribution is 5.73. The van der Waals surface area contributed by atoms with Crippen molar-refractivity contribution >= 4 is 5.97 Å². The molecule has 1 atom stereocenters. The van der Waals surface area contributed by atoms with Crippen molar-refractivity contribution in [1.82, 2.24) is 9.88 Å². The monoisotopic (exact) mass is 611 g/mol. The fourth-order valence-electron chi connectivity index (χ4n) is 4.88. The molecule has 0 saturated heterocycles. The summed E-state index contributed by atoms with van der Waals surface area (Å²) in [5, 5.41) is 31.0. The summed E-state index contributed by atoms with van der Waals surface area (Å²) in [6.45, 7) is 2.54. The highest BCUT2D eigenvalue weighted by Crippen LogP contribution is 2.33. The second kappa shape index (κ2) is 14.4. The Morgan fingerprint density at radius 1 is 0.978 bits per heavy atom. The van der Waals surface area contributed by atoms with E-state index in [4.69, 9.17) is 18.9 Å². The smallest absolute Gasteiger partial charge is 0.323 e. The fraction of sp³-hybridized carbons (Fsp3) is 0.265. The van der Waals surface area contributed by atoms with E-state index in [-0.39, 0.29) is 25.3 Å². The number of aromatic nitrogens is 1. The van der Waals surface area contributed by atoms with Crippen molar-refractivity contribution in [2.24, 2.45) is 0 Å². The number of fused-ring (bicyclic) bond motifs is 1. The second-order valence-corrected chi connectivity index (χ2v) is 10.3. The molecular weight excluding hydrogens is 578 g/mol. The number of rotatable bonds is 13. The average Bonchev–Trinajstić information content (AvgIpc) is 3.07. The van der Waals surface area contributed by atoms with E-state index in [0.29, 0.717) is 65.0 Å². The van der Waals surface area contributed by atoms with Gasteiger partial charge in [0.15, 0.2) is 11.5 Å². The Morgan fingerprint density at radius 2 is 1.76 bits per heavy atom. The molecular formula is C34H33N3O8. The van der Waals surface area contributed by atoms with E-state index < -0.39 is 18.6 Å². The van der Waals surface area contributed by atoms with Gasteiger partial charge in [-0.1, -0.05) is 19.1 Å². The van der Waals surface area contributed by atoms with Crippen molar-refractivity contribution in [3.8, 4) is 34.8 Å². The van der Waals surface area contributed by atoms with E-state index in [9.17, 15) is 25.1 Å². The number of ether oxygens (including phenoxy) is 4. The van der Waals surface area contributed by atoms with Crippen molar-refractivity contribution in [2.75, 3.05) is 19.8 Å². The van der Waals surface area contributed by atoms with E-state index in [2.05, 4.69) is 11.4 Å². The zero-order chi connectivity index (χ0) is 31.8. The zero-order valence-corrected chi connectivity index (χ0v) is 24.7. The molecule has 11 nitrogen and oxygen atoms in total. The zero-order valence-electron chi connectivity index (χ0n) is 24.7. The molecule has 0 aliphatic carbocycles. The van der Waals surface area contributed by atoms with Gasteiger partial charge in [-0.3, -0.25) is 19.5 Å². The molecule has 5 rings (SSSR count). The molecule has 1 aliphatic heterocycles. The molecule has 1 aliphatic rings. The number of pyridine rings is 1. The number of nitrogens with one attached hydrogen (secondary N) is 1. The number of nitrogens with zero attached hydrogens (tertiary/aromatic N) is 2. The summed E-state index contributed by atoms with van der Waals surface area (Å²) >= 11 is 0. The summed E-state index contributed by atoms with van der Waals surface area (Å²) in [5.41, 5.74) is 3.59. The lowest BCUT2D eigenvalue weighted by molar-refractivity contribution is -0.140. The third-order valence-corrected chi connectivity index (χ3v) is 7.31. The molecule has 232 valence electrons. The molecule has 0 amide bonds. The van der Waals surface area contributed by atoms with Gasteiger partial charge in [0, 0.05) is 30.4 Å². The number of benzene rings is 3. The quantitative estimate of drug-likeness (QED) is 0.204. The molecule has 0 spiro atoms. The van der Waals surface area contributed by atoms with E-state index in [1.165, 1.54) is 4.57 Å². The number of aliphatic hydroxyl groups is 1. The molecule has 4 aromatic rings. The van der Waals surface area contributed by atoms with Gasteiger partial charge < -0.3 is 29.2 Å². The number of hydrogen-bond acceptors (Lipinski definition) is 9. The van der Waals surface area contributed by atoms with Crippen LogP contribution in [0.3, 0.4) is 0 Å². The van der Waals surface area contributed by atoms with Crippen LogP contribution in [0.2, 0.25) is 0 Å². The van der Waals surface area contributed by atoms with Crippen molar-refractivity contribution in [1.29, 1.82) is 5.26 Å². The summed E-state index contributed by atoms with van der Waals surface area (Å²) in [5.74, 6) is 0.978. The Labute approximate surface area is 259 Å². The fourth-order valence-corrected chi connectivity index (χ4v) is 4.88. The number of nitriles is 1. The number of carboxylic acid groups (broad SMARTS) is 1. The predicted molar refractivity (Wildman–Crippen MR) is 164 cm³/mol. The van der Waals surface area contributed by atoms with Gasteiger partial charge in [0.1, 0.15) is 44.0 Å². The van der Waals surface area contributed by atoms with Gasteiger partial charge in [-0.25, -0.2) is 0 Å². The maximum Gasteiger partial charge on any atom is 0.323 e. The molecule has 0 radical (unpaired) electrons. The van der Waals surface area contributed by atoms with Crippen LogP contribution < -0.4 is 29.8 Å². The minimum absolute atomic E-state index is 0.00984. The number of carboxylic acids is 1. The molecule has 1 aromatic heterocycles. The number of aryl methyl sites for hydroxylation is 1. The number of carbonyl (C=O) groups is 1. The molecule has 2 heterocycles. The van der Waals surface area contributed by atoms with Crippen molar-refractivity contribution in [3.05, 3.63) is 111 Å². The molecule has 3 N–H and O–H groups in total. The van der Waals surface area contributed by atoms with Crippen LogP contribution in [0.4, 0.5) is 0 Å². The van der Waals surface area contributed by atoms with Gasteiger partial charge in [-0.2, -0.15) is 5.26 Å². The number of aliphatic hydroxyl groups excluding tert-OH is 1. The normalized spacial score (nSPS) is 12.6. The second-order valence-electron chi connectivity index (χ2n) is 10.3. The lowest BCUT2D eigenvalue weighted by atomic mass is 10.1. The van der Waals surface area contributed by atoms with Gasteiger partial charge >= 0.3 is 5.97 Å². The third kappa shape index (κ3) is 7.44. The largest absolute Gasteiger partial charge is 0.488 e. The van der Waals surface area contributed by atoms with Crippen LogP contribution in [0.25, 0.3) is 5.69 Å². The lowest BCUT2D eigenvalue weighted by Gasteiger charge is -2.20. The van der Waals surface area contributed by atoms with E-state index in [1.807, 2.05) is 19.1 Å². The minimum atomic E-state index is -1.17. The highest BCUT2D eigenvalue weighted by atomic mass is 16.6. The average molecular weight is 612 g/mol. The Bertz CT molecular complexity index is 1780. The van der Waals surface area contributed by atoms with Crippen molar-refractivity contribution < 1.29 is 34.0 Å². The van der Waals surface area contributed by atoms with Gasteiger partial charge in [0.05, 0.1) is 29.5 Å². The SMILES string of the molecule is CCc1cc(CNC(CO)C(=O)O)c(OCc2cccc(C#N)c2)cc1OCc1cccn(-c2ccc3c(c2)OCCO3)c1=O. The Balaban J connectivity index is 1.40. The summed E-state index contributed by atoms with van der Waals surface area (Å²) in [7, 11) is 0. The first-order chi connectivity index (χ1) is 21.9. The summed E-state index contributed by atoms with van der Waals surface area (Å²) in [4.78, 5) is 24.9.